The minimum Gasteiger partial charge on any atom is -0.288 e. The van der Waals surface area contributed by atoms with Crippen LogP contribution in [0.25, 0.3) is 0 Å². The van der Waals surface area contributed by atoms with Crippen LogP contribution in [-0.4, -0.2) is 30.4 Å². The Morgan fingerprint density at radius 2 is 1.66 bits per heavy atom. The van der Waals surface area contributed by atoms with Crippen molar-refractivity contribution in [2.24, 2.45) is 5.92 Å². The highest BCUT2D eigenvalue weighted by molar-refractivity contribution is 7.89. The molecule has 29 heavy (non-hydrogen) atoms. The quantitative estimate of drug-likeness (QED) is 0.230. The van der Waals surface area contributed by atoms with Crippen LogP contribution in [0.1, 0.15) is 29.8 Å². The van der Waals surface area contributed by atoms with E-state index in [4.69, 9.17) is 5.21 Å². The monoisotopic (exact) mass is 434 g/mol. The Balaban J connectivity index is 2.45. The number of hydrogen-bond acceptors (Lipinski definition) is 4. The molecule has 0 aromatic heterocycles. The van der Waals surface area contributed by atoms with Crippen molar-refractivity contribution in [2.75, 3.05) is 6.54 Å². The van der Waals surface area contributed by atoms with Gasteiger partial charge in [0.05, 0.1) is 0 Å². The van der Waals surface area contributed by atoms with Crippen molar-refractivity contribution < 1.29 is 36.0 Å². The van der Waals surface area contributed by atoms with Gasteiger partial charge >= 0.3 is 0 Å². The normalized spacial score (nSPS) is 11.9. The van der Waals surface area contributed by atoms with E-state index in [1.54, 1.807) is 13.8 Å². The van der Waals surface area contributed by atoms with Crippen LogP contribution in [0.5, 0.6) is 0 Å². The van der Waals surface area contributed by atoms with Gasteiger partial charge in [-0.05, 0) is 23.6 Å². The Bertz CT molecular complexity index is 1010. The number of rotatable bonds is 7. The van der Waals surface area contributed by atoms with Crippen LogP contribution in [0.2, 0.25) is 0 Å². The Morgan fingerprint density at radius 1 is 1.07 bits per heavy atom. The van der Waals surface area contributed by atoms with Gasteiger partial charge in [0.25, 0.3) is 5.91 Å². The van der Waals surface area contributed by atoms with E-state index in [-0.39, 0.29) is 30.6 Å². The maximum absolute atomic E-state index is 14.1. The first-order valence-electron chi connectivity index (χ1n) is 8.35. The van der Waals surface area contributed by atoms with Gasteiger partial charge in [-0.25, -0.2) is 31.5 Å². The van der Waals surface area contributed by atoms with Gasteiger partial charge in [0.1, 0.15) is 4.90 Å². The largest absolute Gasteiger partial charge is 0.288 e. The molecule has 0 saturated heterocycles. The molecular weight excluding hydrogens is 416 g/mol. The van der Waals surface area contributed by atoms with Crippen molar-refractivity contribution >= 4 is 15.9 Å². The molecule has 0 fully saturated rings. The van der Waals surface area contributed by atoms with Gasteiger partial charge in [-0.15, -0.1) is 0 Å². The van der Waals surface area contributed by atoms with E-state index in [1.807, 2.05) is 0 Å². The fraction of sp³-hybridized carbons (Fsp3) is 0.278. The van der Waals surface area contributed by atoms with Gasteiger partial charge in [-0.2, -0.15) is 4.31 Å². The summed E-state index contributed by atoms with van der Waals surface area (Å²) in [6.45, 7) is 2.93. The van der Waals surface area contributed by atoms with Gasteiger partial charge < -0.3 is 0 Å². The van der Waals surface area contributed by atoms with E-state index in [1.165, 1.54) is 29.7 Å². The number of amides is 1. The summed E-state index contributed by atoms with van der Waals surface area (Å²) in [6, 6.07) is 5.54. The third-order valence-electron chi connectivity index (χ3n) is 3.93. The molecule has 0 unspecified atom stereocenters. The molecule has 0 aliphatic rings. The van der Waals surface area contributed by atoms with E-state index >= 15 is 0 Å². The maximum Gasteiger partial charge on any atom is 0.274 e. The molecule has 2 rings (SSSR count). The van der Waals surface area contributed by atoms with Crippen LogP contribution in [0.15, 0.2) is 35.2 Å². The molecule has 0 heterocycles. The zero-order chi connectivity index (χ0) is 21.9. The number of hydroxylamine groups is 1. The second-order valence-corrected chi connectivity index (χ2v) is 8.53. The summed E-state index contributed by atoms with van der Waals surface area (Å²) in [5.74, 6) is -9.16. The van der Waals surface area contributed by atoms with Crippen LogP contribution >= 0.6 is 0 Å². The summed E-state index contributed by atoms with van der Waals surface area (Å²) in [7, 11) is -4.73. The van der Waals surface area contributed by atoms with Crippen LogP contribution in [0.4, 0.5) is 17.6 Å². The molecule has 158 valence electrons. The molecule has 2 N–H and O–H groups in total. The maximum atomic E-state index is 14.1. The molecule has 1 amide bonds. The van der Waals surface area contributed by atoms with Gasteiger partial charge in [-0.3, -0.25) is 10.0 Å². The number of nitrogens with one attached hydrogen (secondary N) is 1. The fourth-order valence-corrected chi connectivity index (χ4v) is 4.22. The summed E-state index contributed by atoms with van der Waals surface area (Å²) in [4.78, 5) is 10.0. The van der Waals surface area contributed by atoms with Crippen molar-refractivity contribution in [1.82, 2.24) is 9.79 Å². The number of benzene rings is 2. The molecule has 2 aromatic carbocycles. The summed E-state index contributed by atoms with van der Waals surface area (Å²) >= 11 is 0. The predicted octanol–water partition coefficient (Wildman–Crippen LogP) is 3.21. The Morgan fingerprint density at radius 3 is 2.17 bits per heavy atom. The Labute approximate surface area is 164 Å². The lowest BCUT2D eigenvalue weighted by molar-refractivity contribution is 0.0706. The van der Waals surface area contributed by atoms with Crippen molar-refractivity contribution in [3.05, 3.63) is 64.7 Å². The molecule has 0 saturated carbocycles. The lowest BCUT2D eigenvalue weighted by Crippen LogP contribution is -2.34. The van der Waals surface area contributed by atoms with E-state index in [9.17, 15) is 30.8 Å². The first-order chi connectivity index (χ1) is 13.5. The van der Waals surface area contributed by atoms with Crippen LogP contribution < -0.4 is 5.48 Å². The first-order valence-corrected chi connectivity index (χ1v) is 9.79. The lowest BCUT2D eigenvalue weighted by atomic mass is 10.1. The number of carbonyl (C=O) groups is 1. The molecule has 0 aliphatic heterocycles. The number of sulfonamides is 1. The van der Waals surface area contributed by atoms with Gasteiger partial charge in [0.15, 0.2) is 23.3 Å². The average Bonchev–Trinajstić information content (AvgIpc) is 2.68. The minimum absolute atomic E-state index is 0.100. The highest BCUT2D eigenvalue weighted by Gasteiger charge is 2.32. The second-order valence-electron chi connectivity index (χ2n) is 6.63. The SMILES string of the molecule is CC(C)CN(Cc1ccc(C(=O)NO)cc1)S(=O)(=O)c1cc(F)c(F)c(F)c1F. The highest BCUT2D eigenvalue weighted by Crippen LogP contribution is 2.27. The van der Waals surface area contributed by atoms with E-state index in [2.05, 4.69) is 0 Å². The standard InChI is InChI=1S/C18H18F4N2O4S/c1-10(2)8-24(9-11-3-5-12(6-4-11)18(25)23-26)29(27,28)14-7-13(19)15(20)17(22)16(14)21/h3-7,10,26H,8-9H2,1-2H3,(H,23,25). The van der Waals surface area contributed by atoms with Crippen molar-refractivity contribution in [3.63, 3.8) is 0 Å². The molecule has 0 atom stereocenters. The van der Waals surface area contributed by atoms with Crippen molar-refractivity contribution in [3.8, 4) is 0 Å². The molecule has 0 aliphatic carbocycles. The topological polar surface area (TPSA) is 86.7 Å². The fourth-order valence-electron chi connectivity index (χ4n) is 2.56. The first kappa shape index (κ1) is 22.8. The van der Waals surface area contributed by atoms with E-state index in [0.29, 0.717) is 5.56 Å². The summed E-state index contributed by atoms with van der Waals surface area (Å²) in [5.41, 5.74) is 1.93. The van der Waals surface area contributed by atoms with Crippen molar-refractivity contribution in [2.45, 2.75) is 25.3 Å². The Hall–Kier alpha value is -2.50. The zero-order valence-corrected chi connectivity index (χ0v) is 16.2. The van der Waals surface area contributed by atoms with Crippen LogP contribution in [0.3, 0.4) is 0 Å². The molecular formula is C18H18F4N2O4S. The Kier molecular flexibility index (Phi) is 6.98. The van der Waals surface area contributed by atoms with E-state index < -0.39 is 44.1 Å². The smallest absolute Gasteiger partial charge is 0.274 e. The zero-order valence-electron chi connectivity index (χ0n) is 15.4. The van der Waals surface area contributed by atoms with Crippen LogP contribution in [-0.2, 0) is 16.6 Å². The predicted molar refractivity (Wildman–Crippen MR) is 94.4 cm³/mol. The molecule has 0 spiro atoms. The highest BCUT2D eigenvalue weighted by atomic mass is 32.2. The number of hydrogen-bond donors (Lipinski definition) is 2. The van der Waals surface area contributed by atoms with Crippen molar-refractivity contribution in [1.29, 1.82) is 0 Å². The lowest BCUT2D eigenvalue weighted by Gasteiger charge is -2.24. The molecule has 0 bridgehead atoms. The molecule has 0 radical (unpaired) electrons. The summed E-state index contributed by atoms with van der Waals surface area (Å²) < 4.78 is 80.9. The summed E-state index contributed by atoms with van der Waals surface area (Å²) in [5, 5.41) is 8.61. The van der Waals surface area contributed by atoms with Gasteiger partial charge in [0, 0.05) is 24.7 Å². The molecule has 11 heteroatoms. The summed E-state index contributed by atoms with van der Waals surface area (Å²) in [6.07, 6.45) is 0. The third-order valence-corrected chi connectivity index (χ3v) is 5.74. The molecule has 2 aromatic rings. The second kappa shape index (κ2) is 8.89. The van der Waals surface area contributed by atoms with Crippen LogP contribution in [0, 0.1) is 29.2 Å². The molecule has 6 nitrogen and oxygen atoms in total. The van der Waals surface area contributed by atoms with Gasteiger partial charge in [0.2, 0.25) is 10.0 Å². The minimum atomic E-state index is -4.73. The number of nitrogens with zero attached hydrogens (tertiary/aromatic N) is 1. The number of carbonyl (C=O) groups excluding carboxylic acids is 1. The number of halogens is 4. The average molecular weight is 434 g/mol. The third kappa shape index (κ3) is 4.92. The van der Waals surface area contributed by atoms with E-state index in [0.717, 1.165) is 4.31 Å². The van der Waals surface area contributed by atoms with Gasteiger partial charge in [-0.1, -0.05) is 26.0 Å².